The molecule has 0 N–H and O–H groups in total. The number of rotatable bonds is 4. The summed E-state index contributed by atoms with van der Waals surface area (Å²) in [4.78, 5) is 2.34. The minimum atomic E-state index is -0.0486. The molecule has 0 saturated carbocycles. The van der Waals surface area contributed by atoms with Crippen LogP contribution < -0.4 is 4.90 Å². The largest absolute Gasteiger partial charge is 0.310 e. The highest BCUT2D eigenvalue weighted by atomic mass is 15.1. The van der Waals surface area contributed by atoms with E-state index in [1.54, 1.807) is 0 Å². The van der Waals surface area contributed by atoms with Gasteiger partial charge in [0.1, 0.15) is 0 Å². The van der Waals surface area contributed by atoms with Crippen LogP contribution in [0.4, 0.5) is 17.1 Å². The fourth-order valence-electron chi connectivity index (χ4n) is 7.73. The van der Waals surface area contributed by atoms with Crippen LogP contribution in [0.1, 0.15) is 25.0 Å². The Morgan fingerprint density at radius 1 is 0.467 bits per heavy atom. The van der Waals surface area contributed by atoms with Gasteiger partial charge in [0.15, 0.2) is 0 Å². The van der Waals surface area contributed by atoms with Gasteiger partial charge < -0.3 is 9.47 Å². The lowest BCUT2D eigenvalue weighted by atomic mass is 9.80. The van der Waals surface area contributed by atoms with Crippen molar-refractivity contribution in [2.75, 3.05) is 4.90 Å². The highest BCUT2D eigenvalue weighted by molar-refractivity contribution is 6.11. The summed E-state index contributed by atoms with van der Waals surface area (Å²) in [5, 5.41) is 5.11. The summed E-state index contributed by atoms with van der Waals surface area (Å²) in [5.41, 5.74) is 12.5. The topological polar surface area (TPSA) is 8.17 Å². The van der Waals surface area contributed by atoms with E-state index in [4.69, 9.17) is 0 Å². The third-order valence-corrected chi connectivity index (χ3v) is 9.72. The molecule has 1 aliphatic rings. The molecule has 0 fully saturated rings. The van der Waals surface area contributed by atoms with Crippen molar-refractivity contribution >= 4 is 49.6 Å². The molecule has 2 nitrogen and oxygen atoms in total. The molecule has 8 aromatic rings. The number of anilines is 3. The van der Waals surface area contributed by atoms with Gasteiger partial charge in [-0.3, -0.25) is 0 Å². The molecule has 0 spiro atoms. The smallest absolute Gasteiger partial charge is 0.0561 e. The Balaban J connectivity index is 1.27. The normalized spacial score (nSPS) is 13.3. The van der Waals surface area contributed by atoms with E-state index in [-0.39, 0.29) is 5.41 Å². The van der Waals surface area contributed by atoms with Gasteiger partial charge in [-0.25, -0.2) is 0 Å². The molecular formula is C43H32N2. The molecule has 45 heavy (non-hydrogen) atoms. The van der Waals surface area contributed by atoms with Crippen LogP contribution in [-0.4, -0.2) is 4.57 Å². The van der Waals surface area contributed by atoms with Gasteiger partial charge in [-0.2, -0.15) is 0 Å². The first-order chi connectivity index (χ1) is 22.1. The van der Waals surface area contributed by atoms with Crippen LogP contribution in [0.25, 0.3) is 49.4 Å². The number of hydrogen-bond donors (Lipinski definition) is 0. The summed E-state index contributed by atoms with van der Waals surface area (Å²) in [6.07, 6.45) is 0. The number of nitrogens with zero attached hydrogens (tertiary/aromatic N) is 2. The van der Waals surface area contributed by atoms with Crippen molar-refractivity contribution in [2.45, 2.75) is 19.3 Å². The highest BCUT2D eigenvalue weighted by Crippen LogP contribution is 2.51. The third kappa shape index (κ3) is 3.82. The van der Waals surface area contributed by atoms with Crippen molar-refractivity contribution in [3.05, 3.63) is 169 Å². The zero-order valence-corrected chi connectivity index (χ0v) is 25.4. The standard InChI is InChI=1S/C43H32N2/c1-43(2)39-19-11-9-17-35(39)38-24-21-29-27-32(22-25-34(29)42(38)43)45-40-20-12-10-18-36(40)37-26-23-33(28-41(37)45)44(30-13-5-3-6-14-30)31-15-7-4-8-16-31/h3-28H,1-2H3. The second-order valence-electron chi connectivity index (χ2n) is 12.6. The summed E-state index contributed by atoms with van der Waals surface area (Å²) in [5.74, 6) is 0. The molecule has 0 aliphatic heterocycles. The van der Waals surface area contributed by atoms with Crippen molar-refractivity contribution in [3.63, 3.8) is 0 Å². The molecule has 0 saturated heterocycles. The molecule has 1 aromatic heterocycles. The van der Waals surface area contributed by atoms with Gasteiger partial charge in [0, 0.05) is 38.9 Å². The fraction of sp³-hybridized carbons (Fsp3) is 0.0698. The van der Waals surface area contributed by atoms with Crippen molar-refractivity contribution in [1.29, 1.82) is 0 Å². The molecular weight excluding hydrogens is 544 g/mol. The van der Waals surface area contributed by atoms with E-state index in [9.17, 15) is 0 Å². The first-order valence-corrected chi connectivity index (χ1v) is 15.7. The van der Waals surface area contributed by atoms with E-state index < -0.39 is 0 Å². The van der Waals surface area contributed by atoms with Gasteiger partial charge in [-0.15, -0.1) is 0 Å². The lowest BCUT2D eigenvalue weighted by Gasteiger charge is -2.25. The van der Waals surface area contributed by atoms with E-state index in [0.717, 1.165) is 17.1 Å². The first kappa shape index (κ1) is 25.9. The van der Waals surface area contributed by atoms with E-state index >= 15 is 0 Å². The summed E-state index contributed by atoms with van der Waals surface area (Å²) in [6.45, 7) is 4.73. The van der Waals surface area contributed by atoms with Crippen molar-refractivity contribution in [2.24, 2.45) is 0 Å². The van der Waals surface area contributed by atoms with Crippen molar-refractivity contribution in [1.82, 2.24) is 4.57 Å². The van der Waals surface area contributed by atoms with E-state index in [2.05, 4.69) is 181 Å². The average Bonchev–Trinajstić information content (AvgIpc) is 3.54. The quantitative estimate of drug-likeness (QED) is 0.202. The van der Waals surface area contributed by atoms with Crippen molar-refractivity contribution in [3.8, 4) is 16.8 Å². The molecule has 1 heterocycles. The Morgan fingerprint density at radius 2 is 1.11 bits per heavy atom. The van der Waals surface area contributed by atoms with E-state index in [1.807, 2.05) is 0 Å². The molecule has 0 atom stereocenters. The predicted octanol–water partition coefficient (Wildman–Crippen LogP) is 11.7. The third-order valence-electron chi connectivity index (χ3n) is 9.72. The maximum atomic E-state index is 2.44. The van der Waals surface area contributed by atoms with Gasteiger partial charge in [0.05, 0.1) is 11.0 Å². The molecule has 0 unspecified atom stereocenters. The number of hydrogen-bond acceptors (Lipinski definition) is 1. The van der Waals surface area contributed by atoms with Gasteiger partial charge in [0.2, 0.25) is 0 Å². The Bertz CT molecular complexity index is 2360. The van der Waals surface area contributed by atoms with Crippen LogP contribution >= 0.6 is 0 Å². The maximum absolute atomic E-state index is 2.44. The molecule has 0 bridgehead atoms. The number of benzene rings is 7. The van der Waals surface area contributed by atoms with Gasteiger partial charge in [0.25, 0.3) is 0 Å². The average molecular weight is 577 g/mol. The van der Waals surface area contributed by atoms with E-state index in [0.29, 0.717) is 0 Å². The monoisotopic (exact) mass is 576 g/mol. The fourth-order valence-corrected chi connectivity index (χ4v) is 7.73. The van der Waals surface area contributed by atoms with Crippen LogP contribution in [0, 0.1) is 0 Å². The van der Waals surface area contributed by atoms with Gasteiger partial charge >= 0.3 is 0 Å². The molecule has 0 radical (unpaired) electrons. The number of aromatic nitrogens is 1. The summed E-state index contributed by atoms with van der Waals surface area (Å²) >= 11 is 0. The Kier molecular flexibility index (Phi) is 5.58. The minimum absolute atomic E-state index is 0.0486. The predicted molar refractivity (Wildman–Crippen MR) is 191 cm³/mol. The summed E-state index contributed by atoms with van der Waals surface area (Å²) < 4.78 is 2.44. The Hall–Kier alpha value is -5.60. The lowest BCUT2D eigenvalue weighted by Crippen LogP contribution is -2.15. The SMILES string of the molecule is CC1(C)c2ccccc2-c2ccc3cc(-n4c5ccccc5c5ccc(N(c6ccccc6)c6ccccc6)cc54)ccc3c21. The first-order valence-electron chi connectivity index (χ1n) is 15.7. The molecule has 2 heteroatoms. The highest BCUT2D eigenvalue weighted by Gasteiger charge is 2.36. The number of fused-ring (bicyclic) bond motifs is 8. The van der Waals surface area contributed by atoms with Crippen LogP contribution in [0.2, 0.25) is 0 Å². The zero-order chi connectivity index (χ0) is 30.1. The van der Waals surface area contributed by atoms with Gasteiger partial charge in [-0.1, -0.05) is 117 Å². The Morgan fingerprint density at radius 3 is 1.89 bits per heavy atom. The summed E-state index contributed by atoms with van der Waals surface area (Å²) in [6, 6.07) is 57.5. The van der Waals surface area contributed by atoms with Crippen LogP contribution in [0.5, 0.6) is 0 Å². The second kappa shape index (κ2) is 9.70. The van der Waals surface area contributed by atoms with Crippen LogP contribution in [-0.2, 0) is 5.41 Å². The molecule has 9 rings (SSSR count). The lowest BCUT2D eigenvalue weighted by molar-refractivity contribution is 0.666. The number of para-hydroxylation sites is 3. The molecule has 214 valence electrons. The second-order valence-corrected chi connectivity index (χ2v) is 12.6. The van der Waals surface area contributed by atoms with Crippen molar-refractivity contribution < 1.29 is 0 Å². The molecule has 0 amide bonds. The zero-order valence-electron chi connectivity index (χ0n) is 25.4. The Labute approximate surface area is 263 Å². The van der Waals surface area contributed by atoms with Crippen LogP contribution in [0.15, 0.2) is 158 Å². The summed E-state index contributed by atoms with van der Waals surface area (Å²) in [7, 11) is 0. The minimum Gasteiger partial charge on any atom is -0.310 e. The maximum Gasteiger partial charge on any atom is 0.0561 e. The molecule has 1 aliphatic carbocycles. The van der Waals surface area contributed by atoms with Gasteiger partial charge in [-0.05, 0) is 87.6 Å². The molecule has 7 aromatic carbocycles. The van der Waals surface area contributed by atoms with Crippen LogP contribution in [0.3, 0.4) is 0 Å². The van der Waals surface area contributed by atoms with E-state index in [1.165, 1.54) is 60.5 Å².